The lowest BCUT2D eigenvalue weighted by Crippen LogP contribution is -2.24. The fourth-order valence-electron chi connectivity index (χ4n) is 4.51. The average molecular weight is 527 g/mol. The molecule has 37 heavy (non-hydrogen) atoms. The molecular formula is C28H38N4O4S. The summed E-state index contributed by atoms with van der Waals surface area (Å²) >= 11 is 1.58. The summed E-state index contributed by atoms with van der Waals surface area (Å²) in [5.74, 6) is 0.939. The van der Waals surface area contributed by atoms with Crippen molar-refractivity contribution in [1.82, 2.24) is 19.6 Å². The van der Waals surface area contributed by atoms with Crippen molar-refractivity contribution in [2.75, 3.05) is 19.0 Å². The van der Waals surface area contributed by atoms with Crippen LogP contribution < -0.4 is 5.56 Å². The molecule has 0 bridgehead atoms. The van der Waals surface area contributed by atoms with Crippen LogP contribution in [-0.4, -0.2) is 44.5 Å². The topological polar surface area (TPSA) is 88.2 Å². The number of rotatable bonds is 13. The summed E-state index contributed by atoms with van der Waals surface area (Å²) in [6, 6.07) is 7.63. The van der Waals surface area contributed by atoms with Crippen molar-refractivity contribution >= 4 is 28.5 Å². The first-order valence-corrected chi connectivity index (χ1v) is 14.5. The Morgan fingerprint density at radius 1 is 1.27 bits per heavy atom. The maximum Gasteiger partial charge on any atom is 0.306 e. The molecule has 2 unspecified atom stereocenters. The van der Waals surface area contributed by atoms with Crippen LogP contribution in [0.5, 0.6) is 0 Å². The Labute approximate surface area is 222 Å². The highest BCUT2D eigenvalue weighted by molar-refractivity contribution is 7.99. The molecule has 9 heteroatoms. The van der Waals surface area contributed by atoms with E-state index in [2.05, 4.69) is 24.0 Å². The molecule has 0 N–H and O–H groups in total. The summed E-state index contributed by atoms with van der Waals surface area (Å²) in [5, 5.41) is 10.4. The third-order valence-electron chi connectivity index (χ3n) is 6.85. The van der Waals surface area contributed by atoms with Crippen molar-refractivity contribution in [1.29, 1.82) is 0 Å². The number of thioether (sulfide) groups is 1. The van der Waals surface area contributed by atoms with Gasteiger partial charge < -0.3 is 9.47 Å². The van der Waals surface area contributed by atoms with Crippen LogP contribution in [0.2, 0.25) is 0 Å². The standard InChI is InChI=1S/C28H38N4O4S/c1-3-5-8-21(4-2)20-36-27(33)13-16-37-24-10-11-25-22(17-24)18-29-32(28(25)34)19-23-12-14-31(30-23)26-9-6-7-15-35-26/h10-12,14,17-18,21,26H,3-9,13,15-16,19-20H2,1-2H3. The van der Waals surface area contributed by atoms with Gasteiger partial charge in [-0.25, -0.2) is 9.36 Å². The Morgan fingerprint density at radius 3 is 2.95 bits per heavy atom. The van der Waals surface area contributed by atoms with Crippen molar-refractivity contribution in [2.45, 2.75) is 82.9 Å². The van der Waals surface area contributed by atoms with Gasteiger partial charge in [0.2, 0.25) is 0 Å². The monoisotopic (exact) mass is 526 g/mol. The number of carbonyl (C=O) groups is 1. The molecular weight excluding hydrogens is 488 g/mol. The van der Waals surface area contributed by atoms with Gasteiger partial charge >= 0.3 is 5.97 Å². The zero-order valence-electron chi connectivity index (χ0n) is 21.9. The number of esters is 1. The van der Waals surface area contributed by atoms with Crippen LogP contribution in [0.25, 0.3) is 10.8 Å². The molecule has 2 atom stereocenters. The highest BCUT2D eigenvalue weighted by Crippen LogP contribution is 2.24. The molecule has 0 radical (unpaired) electrons. The molecule has 8 nitrogen and oxygen atoms in total. The first kappa shape index (κ1) is 27.4. The first-order chi connectivity index (χ1) is 18.1. The van der Waals surface area contributed by atoms with E-state index in [0.717, 1.165) is 61.1 Å². The summed E-state index contributed by atoms with van der Waals surface area (Å²) in [7, 11) is 0. The van der Waals surface area contributed by atoms with E-state index < -0.39 is 0 Å². The lowest BCUT2D eigenvalue weighted by atomic mass is 10.0. The Kier molecular flexibility index (Phi) is 10.2. The van der Waals surface area contributed by atoms with Gasteiger partial charge in [0.1, 0.15) is 6.23 Å². The highest BCUT2D eigenvalue weighted by Gasteiger charge is 2.17. The maximum atomic E-state index is 13.0. The summed E-state index contributed by atoms with van der Waals surface area (Å²) in [6.07, 6.45) is 11.6. The van der Waals surface area contributed by atoms with Gasteiger partial charge in [0.05, 0.1) is 36.8 Å². The molecule has 3 heterocycles. The lowest BCUT2D eigenvalue weighted by molar-refractivity contribution is -0.144. The predicted molar refractivity (Wildman–Crippen MR) is 146 cm³/mol. The van der Waals surface area contributed by atoms with E-state index in [1.807, 2.05) is 35.1 Å². The van der Waals surface area contributed by atoms with Gasteiger partial charge in [-0.15, -0.1) is 11.8 Å². The largest absolute Gasteiger partial charge is 0.465 e. The van der Waals surface area contributed by atoms with Gasteiger partial charge in [0.25, 0.3) is 5.56 Å². The van der Waals surface area contributed by atoms with E-state index in [4.69, 9.17) is 9.47 Å². The average Bonchev–Trinajstić information content (AvgIpc) is 3.39. The van der Waals surface area contributed by atoms with Crippen molar-refractivity contribution in [3.63, 3.8) is 0 Å². The number of benzene rings is 1. The Morgan fingerprint density at radius 2 is 2.16 bits per heavy atom. The van der Waals surface area contributed by atoms with Crippen LogP contribution in [0.1, 0.15) is 77.1 Å². The molecule has 0 saturated carbocycles. The second kappa shape index (κ2) is 13.8. The minimum Gasteiger partial charge on any atom is -0.465 e. The zero-order valence-corrected chi connectivity index (χ0v) is 22.8. The maximum absolute atomic E-state index is 13.0. The number of carbonyl (C=O) groups excluding carboxylic acids is 1. The fraction of sp³-hybridized carbons (Fsp3) is 0.571. The van der Waals surface area contributed by atoms with Gasteiger partial charge in [-0.2, -0.15) is 10.2 Å². The molecule has 1 saturated heterocycles. The fourth-order valence-corrected chi connectivity index (χ4v) is 5.39. The summed E-state index contributed by atoms with van der Waals surface area (Å²) in [5.41, 5.74) is 0.632. The molecule has 1 aliphatic heterocycles. The normalized spacial score (nSPS) is 16.6. The summed E-state index contributed by atoms with van der Waals surface area (Å²) < 4.78 is 14.6. The third kappa shape index (κ3) is 7.68. The highest BCUT2D eigenvalue weighted by atomic mass is 32.2. The number of nitrogens with zero attached hydrogens (tertiary/aromatic N) is 4. The number of fused-ring (bicyclic) bond motifs is 1. The van der Waals surface area contributed by atoms with Crippen molar-refractivity contribution < 1.29 is 14.3 Å². The number of ether oxygens (including phenoxy) is 2. The Balaban J connectivity index is 1.30. The van der Waals surface area contributed by atoms with Crippen LogP contribution in [-0.2, 0) is 20.8 Å². The molecule has 200 valence electrons. The summed E-state index contributed by atoms with van der Waals surface area (Å²) in [6.45, 7) is 5.91. The first-order valence-electron chi connectivity index (χ1n) is 13.5. The van der Waals surface area contributed by atoms with E-state index >= 15 is 0 Å². The third-order valence-corrected chi connectivity index (χ3v) is 7.84. The van der Waals surface area contributed by atoms with Gasteiger partial charge in [-0.05, 0) is 55.9 Å². The smallest absolute Gasteiger partial charge is 0.306 e. The van der Waals surface area contributed by atoms with E-state index in [1.54, 1.807) is 18.0 Å². The van der Waals surface area contributed by atoms with Crippen LogP contribution in [0, 0.1) is 5.92 Å². The molecule has 2 aromatic heterocycles. The molecule has 0 amide bonds. The van der Waals surface area contributed by atoms with Gasteiger partial charge in [-0.3, -0.25) is 9.59 Å². The van der Waals surface area contributed by atoms with Crippen molar-refractivity contribution in [3.8, 4) is 0 Å². The van der Waals surface area contributed by atoms with Crippen LogP contribution in [0.4, 0.5) is 0 Å². The molecule has 3 aromatic rings. The summed E-state index contributed by atoms with van der Waals surface area (Å²) in [4.78, 5) is 26.2. The molecule has 1 aromatic carbocycles. The minimum atomic E-state index is -0.148. The molecule has 4 rings (SSSR count). The van der Waals surface area contributed by atoms with Gasteiger partial charge in [-0.1, -0.05) is 33.1 Å². The Hall–Kier alpha value is -2.65. The van der Waals surface area contributed by atoms with Gasteiger partial charge in [0, 0.05) is 28.8 Å². The number of hydrogen-bond donors (Lipinski definition) is 0. The van der Waals surface area contributed by atoms with Crippen LogP contribution in [0.3, 0.4) is 0 Å². The second-order valence-electron chi connectivity index (χ2n) is 9.66. The lowest BCUT2D eigenvalue weighted by Gasteiger charge is -2.22. The minimum absolute atomic E-state index is 0.0272. The van der Waals surface area contributed by atoms with Crippen LogP contribution >= 0.6 is 11.8 Å². The van der Waals surface area contributed by atoms with Crippen molar-refractivity contribution in [3.05, 3.63) is 52.7 Å². The number of aromatic nitrogens is 4. The van der Waals surface area contributed by atoms with E-state index in [9.17, 15) is 9.59 Å². The SMILES string of the molecule is CCCCC(CC)COC(=O)CCSc1ccc2c(=O)n(Cc3ccn(C4CCCCO4)n3)ncc2c1. The Bertz CT molecular complexity index is 1220. The predicted octanol–water partition coefficient (Wildman–Crippen LogP) is 5.58. The van der Waals surface area contributed by atoms with E-state index in [-0.39, 0.29) is 17.8 Å². The van der Waals surface area contributed by atoms with E-state index in [1.165, 1.54) is 11.1 Å². The number of unbranched alkanes of at least 4 members (excludes halogenated alkanes) is 1. The van der Waals surface area contributed by atoms with E-state index in [0.29, 0.717) is 36.6 Å². The molecule has 1 aliphatic rings. The van der Waals surface area contributed by atoms with Gasteiger partial charge in [0.15, 0.2) is 0 Å². The molecule has 0 aliphatic carbocycles. The zero-order chi connectivity index (χ0) is 26.0. The quantitative estimate of drug-likeness (QED) is 0.212. The van der Waals surface area contributed by atoms with Crippen LogP contribution in [0.15, 0.2) is 46.3 Å². The number of hydrogen-bond acceptors (Lipinski definition) is 7. The molecule has 1 fully saturated rings. The molecule has 0 spiro atoms. The second-order valence-corrected chi connectivity index (χ2v) is 10.8. The van der Waals surface area contributed by atoms with Crippen molar-refractivity contribution in [2.24, 2.45) is 5.92 Å².